The Morgan fingerprint density at radius 3 is 2.65 bits per heavy atom. The lowest BCUT2D eigenvalue weighted by atomic mass is 10.2. The van der Waals surface area contributed by atoms with Gasteiger partial charge in [0.2, 0.25) is 0 Å². The summed E-state index contributed by atoms with van der Waals surface area (Å²) in [5, 5.41) is 5.87. The Kier molecular flexibility index (Phi) is 7.87. The summed E-state index contributed by atoms with van der Waals surface area (Å²) < 4.78 is 11.7. The number of benzene rings is 2. The largest absolute Gasteiger partial charge is 0.494 e. The van der Waals surface area contributed by atoms with Crippen LogP contribution in [0.3, 0.4) is 0 Å². The van der Waals surface area contributed by atoms with Crippen LogP contribution in [0.15, 0.2) is 46.9 Å². The molecule has 0 heterocycles. The lowest BCUT2D eigenvalue weighted by Crippen LogP contribution is -2.34. The van der Waals surface area contributed by atoms with Crippen molar-refractivity contribution in [3.05, 3.63) is 52.5 Å². The van der Waals surface area contributed by atoms with Crippen LogP contribution in [0.2, 0.25) is 0 Å². The van der Waals surface area contributed by atoms with Crippen molar-refractivity contribution < 1.29 is 14.3 Å². The first-order valence-electron chi connectivity index (χ1n) is 8.31. The summed E-state index contributed by atoms with van der Waals surface area (Å²) in [5.74, 6) is 1.14. The van der Waals surface area contributed by atoms with Gasteiger partial charge < -0.3 is 14.8 Å². The second-order valence-electron chi connectivity index (χ2n) is 5.36. The van der Waals surface area contributed by atoms with Crippen LogP contribution in [0.4, 0.5) is 5.69 Å². The molecule has 2 aromatic carbocycles. The summed E-state index contributed by atoms with van der Waals surface area (Å²) in [5.41, 5.74) is 1.22. The molecule has 2 aromatic rings. The standard InChI is InChI=1S/C19H21BrN2O3S/c1-3-10-25-15-7-5-6-14(12-15)21-19(26)22-18(23)13-8-9-17(24-4-2)16(20)11-13/h5-9,11-12H,3-4,10H2,1-2H3,(H2,21,22,23,26). The van der Waals surface area contributed by atoms with Crippen molar-refractivity contribution in [2.24, 2.45) is 0 Å². The fraction of sp³-hybridized carbons (Fsp3) is 0.263. The molecule has 26 heavy (non-hydrogen) atoms. The summed E-state index contributed by atoms with van der Waals surface area (Å²) in [7, 11) is 0. The molecule has 0 saturated carbocycles. The number of hydrogen-bond acceptors (Lipinski definition) is 4. The highest BCUT2D eigenvalue weighted by atomic mass is 79.9. The molecule has 0 aliphatic carbocycles. The minimum absolute atomic E-state index is 0.215. The predicted octanol–water partition coefficient (Wildman–Crippen LogP) is 4.76. The molecular weight excluding hydrogens is 416 g/mol. The molecule has 5 nitrogen and oxygen atoms in total. The van der Waals surface area contributed by atoms with Gasteiger partial charge in [-0.25, -0.2) is 0 Å². The number of carbonyl (C=O) groups excluding carboxylic acids is 1. The van der Waals surface area contributed by atoms with Gasteiger partial charge in [-0.1, -0.05) is 13.0 Å². The fourth-order valence-corrected chi connectivity index (χ4v) is 2.84. The molecule has 7 heteroatoms. The maximum absolute atomic E-state index is 12.4. The maximum atomic E-state index is 12.4. The van der Waals surface area contributed by atoms with Crippen molar-refractivity contribution >= 4 is 44.9 Å². The Morgan fingerprint density at radius 2 is 1.96 bits per heavy atom. The zero-order valence-electron chi connectivity index (χ0n) is 14.7. The molecule has 0 fully saturated rings. The van der Waals surface area contributed by atoms with E-state index < -0.39 is 0 Å². The molecule has 0 bridgehead atoms. The zero-order valence-corrected chi connectivity index (χ0v) is 17.1. The van der Waals surface area contributed by atoms with Crippen molar-refractivity contribution in [2.75, 3.05) is 18.5 Å². The Balaban J connectivity index is 1.97. The molecule has 0 aliphatic heterocycles. The minimum Gasteiger partial charge on any atom is -0.494 e. The smallest absolute Gasteiger partial charge is 0.257 e. The maximum Gasteiger partial charge on any atom is 0.257 e. The van der Waals surface area contributed by atoms with Crippen LogP contribution in [-0.4, -0.2) is 24.2 Å². The van der Waals surface area contributed by atoms with Crippen LogP contribution in [0, 0.1) is 0 Å². The Hall–Kier alpha value is -2.12. The topological polar surface area (TPSA) is 59.6 Å². The van der Waals surface area contributed by atoms with Gasteiger partial charge in [-0.15, -0.1) is 0 Å². The van der Waals surface area contributed by atoms with E-state index in [1.165, 1.54) is 0 Å². The number of carbonyl (C=O) groups is 1. The second-order valence-corrected chi connectivity index (χ2v) is 6.63. The quantitative estimate of drug-likeness (QED) is 0.612. The van der Waals surface area contributed by atoms with Gasteiger partial charge in [0.25, 0.3) is 5.91 Å². The van der Waals surface area contributed by atoms with Crippen LogP contribution in [0.25, 0.3) is 0 Å². The predicted molar refractivity (Wildman–Crippen MR) is 111 cm³/mol. The van der Waals surface area contributed by atoms with Gasteiger partial charge in [-0.05, 0) is 71.8 Å². The lowest BCUT2D eigenvalue weighted by molar-refractivity contribution is 0.0977. The summed E-state index contributed by atoms with van der Waals surface area (Å²) in [6.07, 6.45) is 0.934. The number of rotatable bonds is 7. The average Bonchev–Trinajstić information content (AvgIpc) is 2.62. The van der Waals surface area contributed by atoms with Crippen molar-refractivity contribution in [1.82, 2.24) is 5.32 Å². The average molecular weight is 437 g/mol. The van der Waals surface area contributed by atoms with E-state index in [9.17, 15) is 4.79 Å². The zero-order chi connectivity index (χ0) is 18.9. The summed E-state index contributed by atoms with van der Waals surface area (Å²) in [4.78, 5) is 12.4. The SMILES string of the molecule is CCCOc1cccc(NC(=S)NC(=O)c2ccc(OCC)c(Br)c2)c1. The molecule has 2 N–H and O–H groups in total. The first kappa shape index (κ1) is 20.2. The first-order chi connectivity index (χ1) is 12.5. The minimum atomic E-state index is -0.301. The first-order valence-corrected chi connectivity index (χ1v) is 9.51. The number of anilines is 1. The third-order valence-electron chi connectivity index (χ3n) is 3.29. The fourth-order valence-electron chi connectivity index (χ4n) is 2.14. The number of hydrogen-bond donors (Lipinski definition) is 2. The van der Waals surface area contributed by atoms with Crippen LogP contribution in [0.1, 0.15) is 30.6 Å². The molecule has 0 radical (unpaired) electrons. The van der Waals surface area contributed by atoms with Crippen LogP contribution >= 0.6 is 28.1 Å². The molecule has 138 valence electrons. The third kappa shape index (κ3) is 6.00. The highest BCUT2D eigenvalue weighted by Gasteiger charge is 2.11. The van der Waals surface area contributed by atoms with Crippen LogP contribution in [-0.2, 0) is 0 Å². The van der Waals surface area contributed by atoms with Crippen molar-refractivity contribution in [2.45, 2.75) is 20.3 Å². The molecular formula is C19H21BrN2O3S. The van der Waals surface area contributed by atoms with Gasteiger partial charge in [0, 0.05) is 17.3 Å². The molecule has 2 rings (SSSR count). The van der Waals surface area contributed by atoms with Crippen LogP contribution < -0.4 is 20.1 Å². The molecule has 0 unspecified atom stereocenters. The number of ether oxygens (including phenoxy) is 2. The van der Waals surface area contributed by atoms with Gasteiger partial charge in [-0.2, -0.15) is 0 Å². The Bertz CT molecular complexity index is 783. The van der Waals surface area contributed by atoms with Crippen molar-refractivity contribution in [3.63, 3.8) is 0 Å². The number of nitrogens with one attached hydrogen (secondary N) is 2. The van der Waals surface area contributed by atoms with E-state index in [4.69, 9.17) is 21.7 Å². The Labute approximate surface area is 167 Å². The van der Waals surface area contributed by atoms with E-state index in [1.54, 1.807) is 18.2 Å². The van der Waals surface area contributed by atoms with Gasteiger partial charge in [-0.3, -0.25) is 10.1 Å². The molecule has 0 saturated heterocycles. The highest BCUT2D eigenvalue weighted by molar-refractivity contribution is 9.10. The van der Waals surface area contributed by atoms with Gasteiger partial charge in [0.15, 0.2) is 5.11 Å². The van der Waals surface area contributed by atoms with Crippen molar-refractivity contribution in [1.29, 1.82) is 0 Å². The molecule has 0 spiro atoms. The number of amides is 1. The molecule has 0 atom stereocenters. The lowest BCUT2D eigenvalue weighted by Gasteiger charge is -2.12. The highest BCUT2D eigenvalue weighted by Crippen LogP contribution is 2.26. The summed E-state index contributed by atoms with van der Waals surface area (Å²) >= 11 is 8.62. The molecule has 0 aromatic heterocycles. The van der Waals surface area contributed by atoms with Crippen LogP contribution in [0.5, 0.6) is 11.5 Å². The normalized spacial score (nSPS) is 10.1. The molecule has 0 aliphatic rings. The van der Waals surface area contributed by atoms with Gasteiger partial charge in [0.1, 0.15) is 11.5 Å². The van der Waals surface area contributed by atoms with Gasteiger partial charge >= 0.3 is 0 Å². The third-order valence-corrected chi connectivity index (χ3v) is 4.11. The Morgan fingerprint density at radius 1 is 1.15 bits per heavy atom. The van der Waals surface area contributed by atoms with E-state index in [0.717, 1.165) is 17.9 Å². The number of halogens is 1. The van der Waals surface area contributed by atoms with E-state index >= 15 is 0 Å². The number of thiocarbonyl (C=S) groups is 1. The van der Waals surface area contributed by atoms with E-state index in [-0.39, 0.29) is 11.0 Å². The molecule has 1 amide bonds. The van der Waals surface area contributed by atoms with Gasteiger partial charge in [0.05, 0.1) is 17.7 Å². The monoisotopic (exact) mass is 436 g/mol. The second kappa shape index (κ2) is 10.1. The van der Waals surface area contributed by atoms with E-state index in [0.29, 0.717) is 29.0 Å². The van der Waals surface area contributed by atoms with E-state index in [2.05, 4.69) is 26.6 Å². The van der Waals surface area contributed by atoms with Crippen molar-refractivity contribution in [3.8, 4) is 11.5 Å². The summed E-state index contributed by atoms with van der Waals surface area (Å²) in [6.45, 7) is 5.15. The van der Waals surface area contributed by atoms with E-state index in [1.807, 2.05) is 38.1 Å². The summed E-state index contributed by atoms with van der Waals surface area (Å²) in [6, 6.07) is 12.6.